The molecule has 6 rings (SSSR count). The molecule has 270 valence electrons. The second-order valence-corrected chi connectivity index (χ2v) is 16.0. The summed E-state index contributed by atoms with van der Waals surface area (Å²) in [4.78, 5) is 27.4. The van der Waals surface area contributed by atoms with Crippen LogP contribution in [0.25, 0.3) is 0 Å². The quantitative estimate of drug-likeness (QED) is 0.214. The number of carbonyl (C=O) groups is 2. The van der Waals surface area contributed by atoms with Gasteiger partial charge in [0.15, 0.2) is 0 Å². The number of hydrogen-bond donors (Lipinski definition) is 1. The molecule has 1 aromatic heterocycles. The van der Waals surface area contributed by atoms with Crippen molar-refractivity contribution in [2.24, 2.45) is 11.3 Å². The Kier molecular flexibility index (Phi) is 10.6. The largest absolute Gasteiger partial charge is 0.488 e. The van der Waals surface area contributed by atoms with E-state index < -0.39 is 27.5 Å². The smallest absolute Gasteiger partial charge is 0.312 e. The van der Waals surface area contributed by atoms with Crippen molar-refractivity contribution < 1.29 is 32.6 Å². The number of hydrogen-bond acceptors (Lipinski definition) is 8. The molecule has 1 unspecified atom stereocenters. The van der Waals surface area contributed by atoms with Crippen molar-refractivity contribution in [3.05, 3.63) is 107 Å². The summed E-state index contributed by atoms with van der Waals surface area (Å²) < 4.78 is 43.0. The standard InChI is InChI=1S/C38H45N5O7S/c1-26-14-15-30(20-31(26)23-43-21-27(2)50-33-12-8-9-13-34(33)51(43,47)48)35(38(3,4)37(45)46)49-25-32-24-42(40-39-32)22-28-16-18-41(19-17-28)36(44)29-10-6-5-7-11-29/h5-15,20,24,27-28,35H,16-19,21-23,25H2,1-4H3,(H,45,46)/t27-,35?/m1/s1. The van der Waals surface area contributed by atoms with Gasteiger partial charge in [-0.25, -0.2) is 8.42 Å². The number of sulfonamides is 1. The monoisotopic (exact) mass is 715 g/mol. The second kappa shape index (κ2) is 14.9. The molecule has 0 radical (unpaired) electrons. The summed E-state index contributed by atoms with van der Waals surface area (Å²) in [5.74, 6) is -0.322. The highest BCUT2D eigenvalue weighted by molar-refractivity contribution is 7.89. The highest BCUT2D eigenvalue weighted by Gasteiger charge is 2.40. The van der Waals surface area contributed by atoms with Crippen LogP contribution in [0.5, 0.6) is 5.75 Å². The molecule has 0 bridgehead atoms. The van der Waals surface area contributed by atoms with Crippen LogP contribution in [-0.4, -0.2) is 75.3 Å². The van der Waals surface area contributed by atoms with Crippen molar-refractivity contribution in [2.45, 2.75) is 77.3 Å². The molecule has 1 fully saturated rings. The number of carboxylic acids is 1. The van der Waals surface area contributed by atoms with E-state index in [0.717, 1.165) is 24.0 Å². The molecule has 13 heteroatoms. The molecule has 1 saturated heterocycles. The summed E-state index contributed by atoms with van der Waals surface area (Å²) in [5, 5.41) is 18.9. The van der Waals surface area contributed by atoms with Crippen LogP contribution in [0.1, 0.15) is 72.5 Å². The van der Waals surface area contributed by atoms with Gasteiger partial charge in [-0.3, -0.25) is 14.3 Å². The van der Waals surface area contributed by atoms with E-state index >= 15 is 0 Å². The number of piperidine rings is 1. The van der Waals surface area contributed by atoms with E-state index in [0.29, 0.717) is 48.1 Å². The van der Waals surface area contributed by atoms with E-state index in [2.05, 4.69) is 10.3 Å². The van der Waals surface area contributed by atoms with Crippen LogP contribution in [0.3, 0.4) is 0 Å². The number of rotatable bonds is 11. The first-order valence-electron chi connectivity index (χ1n) is 17.3. The number of aryl methyl sites for hydroxylation is 1. The number of carbonyl (C=O) groups excluding carboxylic acids is 1. The zero-order valence-electron chi connectivity index (χ0n) is 29.4. The molecule has 3 aromatic carbocycles. The fourth-order valence-electron chi connectivity index (χ4n) is 6.75. The van der Waals surface area contributed by atoms with Crippen LogP contribution in [0.15, 0.2) is 83.9 Å². The summed E-state index contributed by atoms with van der Waals surface area (Å²) in [6, 6.07) is 21.5. The highest BCUT2D eigenvalue weighted by Crippen LogP contribution is 2.39. The Bertz CT molecular complexity index is 1970. The zero-order valence-corrected chi connectivity index (χ0v) is 30.3. The Balaban J connectivity index is 1.14. The number of amides is 1. The highest BCUT2D eigenvalue weighted by atomic mass is 32.2. The van der Waals surface area contributed by atoms with Crippen LogP contribution in [0.2, 0.25) is 0 Å². The van der Waals surface area contributed by atoms with Crippen molar-refractivity contribution in [2.75, 3.05) is 19.6 Å². The fourth-order valence-corrected chi connectivity index (χ4v) is 8.36. The first-order valence-corrected chi connectivity index (χ1v) is 18.7. The maximum Gasteiger partial charge on any atom is 0.312 e. The molecule has 0 saturated carbocycles. The van der Waals surface area contributed by atoms with Gasteiger partial charge in [-0.2, -0.15) is 4.31 Å². The lowest BCUT2D eigenvalue weighted by Crippen LogP contribution is -2.39. The molecule has 0 spiro atoms. The lowest BCUT2D eigenvalue weighted by molar-refractivity contribution is -0.158. The third-order valence-electron chi connectivity index (χ3n) is 9.84. The molecule has 12 nitrogen and oxygen atoms in total. The average molecular weight is 716 g/mol. The minimum atomic E-state index is -3.87. The Morgan fingerprint density at radius 2 is 1.75 bits per heavy atom. The van der Waals surface area contributed by atoms with E-state index in [1.165, 1.54) is 4.31 Å². The fraction of sp³-hybridized carbons (Fsp3) is 0.421. The number of benzene rings is 3. The molecule has 4 aromatic rings. The molecule has 2 atom stereocenters. The summed E-state index contributed by atoms with van der Waals surface area (Å²) in [5.41, 5.74) is 2.15. The van der Waals surface area contributed by atoms with Crippen molar-refractivity contribution in [3.8, 4) is 5.75 Å². The third kappa shape index (κ3) is 8.00. The zero-order chi connectivity index (χ0) is 36.3. The first-order chi connectivity index (χ1) is 24.3. The lowest BCUT2D eigenvalue weighted by atomic mass is 9.81. The Morgan fingerprint density at radius 1 is 1.04 bits per heavy atom. The SMILES string of the molecule is Cc1ccc(C(OCc2cn(CC3CCN(C(=O)c4ccccc4)CC3)nn2)C(C)(C)C(=O)O)cc1CN1C[C@@H](C)Oc2ccccc2S1(=O)=O. The predicted molar refractivity (Wildman–Crippen MR) is 189 cm³/mol. The van der Waals surface area contributed by atoms with E-state index in [1.807, 2.05) is 73.5 Å². The molecular weight excluding hydrogens is 671 g/mol. The minimum Gasteiger partial charge on any atom is -0.488 e. The van der Waals surface area contributed by atoms with E-state index in [9.17, 15) is 23.1 Å². The summed E-state index contributed by atoms with van der Waals surface area (Å²) in [6.07, 6.45) is 2.27. The van der Waals surface area contributed by atoms with Crippen LogP contribution in [0.4, 0.5) is 0 Å². The molecule has 1 N–H and O–H groups in total. The number of fused-ring (bicyclic) bond motifs is 1. The molecule has 3 heterocycles. The number of nitrogens with zero attached hydrogens (tertiary/aromatic N) is 5. The topological polar surface area (TPSA) is 144 Å². The van der Waals surface area contributed by atoms with Crippen LogP contribution < -0.4 is 4.74 Å². The number of ether oxygens (including phenoxy) is 2. The van der Waals surface area contributed by atoms with Gasteiger partial charge in [0, 0.05) is 31.7 Å². The van der Waals surface area contributed by atoms with Gasteiger partial charge in [-0.15, -0.1) is 5.10 Å². The summed E-state index contributed by atoms with van der Waals surface area (Å²) >= 11 is 0. The third-order valence-corrected chi connectivity index (χ3v) is 11.7. The van der Waals surface area contributed by atoms with Crippen molar-refractivity contribution >= 4 is 21.9 Å². The average Bonchev–Trinajstić information content (AvgIpc) is 3.53. The van der Waals surface area contributed by atoms with Gasteiger partial charge in [0.25, 0.3) is 5.91 Å². The van der Waals surface area contributed by atoms with Crippen LogP contribution in [0, 0.1) is 18.3 Å². The van der Waals surface area contributed by atoms with Gasteiger partial charge in [0.2, 0.25) is 10.0 Å². The van der Waals surface area contributed by atoms with Gasteiger partial charge in [0.05, 0.1) is 30.9 Å². The van der Waals surface area contributed by atoms with Gasteiger partial charge < -0.3 is 19.5 Å². The van der Waals surface area contributed by atoms with Crippen molar-refractivity contribution in [3.63, 3.8) is 0 Å². The Morgan fingerprint density at radius 3 is 2.47 bits per heavy atom. The van der Waals surface area contributed by atoms with Crippen LogP contribution >= 0.6 is 0 Å². The van der Waals surface area contributed by atoms with Crippen molar-refractivity contribution in [1.82, 2.24) is 24.2 Å². The summed E-state index contributed by atoms with van der Waals surface area (Å²) in [7, 11) is -3.87. The number of likely N-dealkylation sites (tertiary alicyclic amines) is 1. The van der Waals surface area contributed by atoms with Gasteiger partial charge in [-0.1, -0.05) is 53.7 Å². The molecular formula is C38H45N5O7S. The first kappa shape index (κ1) is 36.2. The molecule has 51 heavy (non-hydrogen) atoms. The molecule has 1 amide bonds. The summed E-state index contributed by atoms with van der Waals surface area (Å²) in [6.45, 7) is 9.23. The number of carboxylic acid groups (broad SMARTS) is 1. The Labute approximate surface area is 299 Å². The van der Waals surface area contributed by atoms with Gasteiger partial charge in [-0.05, 0) is 87.4 Å². The maximum atomic E-state index is 13.7. The number of aromatic nitrogens is 3. The maximum absolute atomic E-state index is 13.7. The molecule has 2 aliphatic heterocycles. The number of aliphatic carboxylic acids is 1. The van der Waals surface area contributed by atoms with E-state index in [1.54, 1.807) is 42.8 Å². The van der Waals surface area contributed by atoms with Gasteiger partial charge in [0.1, 0.15) is 22.4 Å². The lowest BCUT2D eigenvalue weighted by Gasteiger charge is -2.32. The van der Waals surface area contributed by atoms with E-state index in [4.69, 9.17) is 9.47 Å². The normalized spacial score (nSPS) is 18.7. The molecule has 2 aliphatic rings. The molecule has 0 aliphatic carbocycles. The predicted octanol–water partition coefficient (Wildman–Crippen LogP) is 5.48. The second-order valence-electron chi connectivity index (χ2n) is 14.1. The minimum absolute atomic E-state index is 0.0285. The Hall–Kier alpha value is -4.59. The van der Waals surface area contributed by atoms with Crippen LogP contribution in [-0.2, 0) is 39.3 Å². The van der Waals surface area contributed by atoms with E-state index in [-0.39, 0.29) is 36.6 Å². The number of para-hydroxylation sites is 1. The van der Waals surface area contributed by atoms with Crippen molar-refractivity contribution in [1.29, 1.82) is 0 Å². The van der Waals surface area contributed by atoms with Gasteiger partial charge >= 0.3 is 5.97 Å².